The Hall–Kier alpha value is -1.14. The van der Waals surface area contributed by atoms with Crippen LogP contribution < -0.4 is 4.74 Å². The first-order valence-electron chi connectivity index (χ1n) is 3.50. The quantitative estimate of drug-likeness (QED) is 0.668. The van der Waals surface area contributed by atoms with Crippen LogP contribution >= 0.6 is 11.8 Å². The summed E-state index contributed by atoms with van der Waals surface area (Å²) in [5, 5.41) is 10.3. The molecule has 0 amide bonds. The van der Waals surface area contributed by atoms with E-state index in [1.54, 1.807) is 7.11 Å². The zero-order chi connectivity index (χ0) is 8.81. The van der Waals surface area contributed by atoms with Gasteiger partial charge < -0.3 is 4.74 Å². The largest absolute Gasteiger partial charge is 0.497 e. The SMILES string of the molecule is COc1ccc(CSC#N)cc1. The standard InChI is InChI=1S/C9H9NOS/c1-11-9-4-2-8(3-5-9)6-12-7-10/h2-5H,6H2,1H3. The molecule has 1 aromatic rings. The Morgan fingerprint density at radius 3 is 2.58 bits per heavy atom. The van der Waals surface area contributed by atoms with Crippen LogP contribution in [-0.4, -0.2) is 7.11 Å². The molecule has 0 aliphatic rings. The lowest BCUT2D eigenvalue weighted by Crippen LogP contribution is -1.83. The zero-order valence-corrected chi connectivity index (χ0v) is 7.60. The first kappa shape index (κ1) is 8.95. The van der Waals surface area contributed by atoms with Crippen LogP contribution in [0.1, 0.15) is 5.56 Å². The summed E-state index contributed by atoms with van der Waals surface area (Å²) < 4.78 is 5.00. The smallest absolute Gasteiger partial charge is 0.133 e. The number of benzene rings is 1. The first-order chi connectivity index (χ1) is 5.86. The highest BCUT2D eigenvalue weighted by Gasteiger charge is 1.93. The second kappa shape index (κ2) is 4.68. The second-order valence-electron chi connectivity index (χ2n) is 2.23. The van der Waals surface area contributed by atoms with Gasteiger partial charge in [0.25, 0.3) is 0 Å². The maximum Gasteiger partial charge on any atom is 0.133 e. The molecule has 0 aromatic heterocycles. The number of nitrogens with zero attached hydrogens (tertiary/aromatic N) is 1. The molecule has 3 heteroatoms. The fourth-order valence-electron chi connectivity index (χ4n) is 0.837. The van der Waals surface area contributed by atoms with Crippen molar-refractivity contribution in [1.82, 2.24) is 0 Å². The molecule has 0 atom stereocenters. The summed E-state index contributed by atoms with van der Waals surface area (Å²) in [5.41, 5.74) is 1.14. The summed E-state index contributed by atoms with van der Waals surface area (Å²) >= 11 is 1.24. The molecule has 62 valence electrons. The highest BCUT2D eigenvalue weighted by Crippen LogP contribution is 2.15. The molecular weight excluding hydrogens is 170 g/mol. The van der Waals surface area contributed by atoms with Gasteiger partial charge in [0.1, 0.15) is 11.2 Å². The Labute approximate surface area is 76.2 Å². The van der Waals surface area contributed by atoms with Crippen molar-refractivity contribution in [3.05, 3.63) is 29.8 Å². The van der Waals surface area contributed by atoms with E-state index in [-0.39, 0.29) is 0 Å². The van der Waals surface area contributed by atoms with Crippen LogP contribution in [0.5, 0.6) is 5.75 Å². The summed E-state index contributed by atoms with van der Waals surface area (Å²) in [5.74, 6) is 1.58. The summed E-state index contributed by atoms with van der Waals surface area (Å²) in [6.07, 6.45) is 0. The van der Waals surface area contributed by atoms with E-state index in [1.165, 1.54) is 11.8 Å². The van der Waals surface area contributed by atoms with Crippen molar-refractivity contribution in [2.45, 2.75) is 5.75 Å². The summed E-state index contributed by atoms with van der Waals surface area (Å²) in [6.45, 7) is 0. The minimum absolute atomic E-state index is 0.737. The molecule has 12 heavy (non-hydrogen) atoms. The molecule has 0 saturated carbocycles. The third-order valence-corrected chi connectivity index (χ3v) is 2.07. The molecule has 0 N–H and O–H groups in total. The van der Waals surface area contributed by atoms with E-state index in [0.717, 1.165) is 17.1 Å². The number of nitriles is 1. The third kappa shape index (κ3) is 2.48. The number of hydrogen-bond donors (Lipinski definition) is 0. The predicted molar refractivity (Wildman–Crippen MR) is 49.9 cm³/mol. The number of ether oxygens (including phenoxy) is 1. The Bertz CT molecular complexity index is 276. The van der Waals surface area contributed by atoms with Crippen molar-refractivity contribution in [3.8, 4) is 11.2 Å². The molecule has 0 saturated heterocycles. The maximum atomic E-state index is 8.32. The van der Waals surface area contributed by atoms with E-state index in [0.29, 0.717) is 0 Å². The number of thiocyanates is 1. The van der Waals surface area contributed by atoms with Gasteiger partial charge in [0.2, 0.25) is 0 Å². The van der Waals surface area contributed by atoms with Crippen LogP contribution in [0.2, 0.25) is 0 Å². The van der Waals surface area contributed by atoms with E-state index >= 15 is 0 Å². The average Bonchev–Trinajstić information content (AvgIpc) is 2.15. The van der Waals surface area contributed by atoms with Crippen LogP contribution in [0.3, 0.4) is 0 Å². The second-order valence-corrected chi connectivity index (χ2v) is 2.99. The molecular formula is C9H9NOS. The molecule has 0 heterocycles. The fraction of sp³-hybridized carbons (Fsp3) is 0.222. The van der Waals surface area contributed by atoms with Gasteiger partial charge in [-0.3, -0.25) is 0 Å². The first-order valence-corrected chi connectivity index (χ1v) is 4.49. The van der Waals surface area contributed by atoms with Gasteiger partial charge in [0.15, 0.2) is 0 Å². The number of rotatable bonds is 3. The minimum Gasteiger partial charge on any atom is -0.497 e. The van der Waals surface area contributed by atoms with Crippen molar-refractivity contribution in [3.63, 3.8) is 0 Å². The van der Waals surface area contributed by atoms with E-state index in [2.05, 4.69) is 0 Å². The summed E-state index contributed by atoms with van der Waals surface area (Å²) in [4.78, 5) is 0. The van der Waals surface area contributed by atoms with Crippen LogP contribution in [-0.2, 0) is 5.75 Å². The van der Waals surface area contributed by atoms with E-state index in [4.69, 9.17) is 10.00 Å². The average molecular weight is 179 g/mol. The van der Waals surface area contributed by atoms with Crippen molar-refractivity contribution < 1.29 is 4.74 Å². The minimum atomic E-state index is 0.737. The van der Waals surface area contributed by atoms with Gasteiger partial charge in [-0.1, -0.05) is 12.1 Å². The van der Waals surface area contributed by atoms with Gasteiger partial charge in [-0.2, -0.15) is 5.26 Å². The molecule has 0 aliphatic heterocycles. The van der Waals surface area contributed by atoms with Gasteiger partial charge in [0.05, 0.1) is 7.11 Å². The molecule has 1 rings (SSSR count). The van der Waals surface area contributed by atoms with E-state index in [1.807, 2.05) is 29.7 Å². The van der Waals surface area contributed by atoms with Gasteiger partial charge in [-0.05, 0) is 29.5 Å². The highest BCUT2D eigenvalue weighted by molar-refractivity contribution is 8.02. The Morgan fingerprint density at radius 1 is 1.42 bits per heavy atom. The normalized spacial score (nSPS) is 9.00. The monoisotopic (exact) mass is 179 g/mol. The van der Waals surface area contributed by atoms with Gasteiger partial charge in [0, 0.05) is 5.75 Å². The van der Waals surface area contributed by atoms with Crippen molar-refractivity contribution >= 4 is 11.8 Å². The molecule has 0 fully saturated rings. The molecule has 0 aliphatic carbocycles. The maximum absolute atomic E-state index is 8.32. The van der Waals surface area contributed by atoms with Crippen LogP contribution in [0.15, 0.2) is 24.3 Å². The number of hydrogen-bond acceptors (Lipinski definition) is 3. The van der Waals surface area contributed by atoms with Crippen LogP contribution in [0, 0.1) is 10.7 Å². The number of thioether (sulfide) groups is 1. The lowest BCUT2D eigenvalue weighted by Gasteiger charge is -1.99. The zero-order valence-electron chi connectivity index (χ0n) is 6.78. The van der Waals surface area contributed by atoms with Crippen molar-refractivity contribution in [1.29, 1.82) is 5.26 Å². The molecule has 0 bridgehead atoms. The number of methoxy groups -OCH3 is 1. The Balaban J connectivity index is 2.60. The predicted octanol–water partition coefficient (Wildman–Crippen LogP) is 2.41. The van der Waals surface area contributed by atoms with Crippen molar-refractivity contribution in [2.24, 2.45) is 0 Å². The topological polar surface area (TPSA) is 33.0 Å². The molecule has 0 radical (unpaired) electrons. The molecule has 0 unspecified atom stereocenters. The van der Waals surface area contributed by atoms with Crippen LogP contribution in [0.4, 0.5) is 0 Å². The van der Waals surface area contributed by atoms with Crippen molar-refractivity contribution in [2.75, 3.05) is 7.11 Å². The molecule has 1 aromatic carbocycles. The summed E-state index contributed by atoms with van der Waals surface area (Å²) in [6, 6.07) is 7.72. The lowest BCUT2D eigenvalue weighted by atomic mass is 10.2. The third-order valence-electron chi connectivity index (χ3n) is 1.46. The molecule has 0 spiro atoms. The molecule has 2 nitrogen and oxygen atoms in total. The Morgan fingerprint density at radius 2 is 2.08 bits per heavy atom. The van der Waals surface area contributed by atoms with E-state index < -0.39 is 0 Å². The van der Waals surface area contributed by atoms with E-state index in [9.17, 15) is 0 Å². The lowest BCUT2D eigenvalue weighted by molar-refractivity contribution is 0.414. The van der Waals surface area contributed by atoms with Gasteiger partial charge in [-0.15, -0.1) is 0 Å². The highest BCUT2D eigenvalue weighted by atomic mass is 32.2. The summed E-state index contributed by atoms with van der Waals surface area (Å²) in [7, 11) is 1.64. The fourth-order valence-corrected chi connectivity index (χ4v) is 1.26. The van der Waals surface area contributed by atoms with Crippen LogP contribution in [0.25, 0.3) is 0 Å². The van der Waals surface area contributed by atoms with Gasteiger partial charge in [-0.25, -0.2) is 0 Å². The van der Waals surface area contributed by atoms with Gasteiger partial charge >= 0.3 is 0 Å². The Kier molecular flexibility index (Phi) is 3.49.